The summed E-state index contributed by atoms with van der Waals surface area (Å²) in [5, 5.41) is 5.59. The smallest absolute Gasteiger partial charge is 0.173 e. The van der Waals surface area contributed by atoms with Crippen LogP contribution >= 0.6 is 35.4 Å². The lowest BCUT2D eigenvalue weighted by Crippen LogP contribution is -2.50. The zero-order valence-corrected chi connectivity index (χ0v) is 16.7. The molecule has 0 bridgehead atoms. The van der Waals surface area contributed by atoms with Crippen LogP contribution in [0.1, 0.15) is 11.1 Å². The van der Waals surface area contributed by atoms with Gasteiger partial charge in [0.1, 0.15) is 0 Å². The van der Waals surface area contributed by atoms with Gasteiger partial charge in [0.25, 0.3) is 0 Å². The molecule has 2 aromatic rings. The van der Waals surface area contributed by atoms with Crippen LogP contribution in [-0.2, 0) is 0 Å². The van der Waals surface area contributed by atoms with Gasteiger partial charge in [0.15, 0.2) is 5.11 Å². The average Bonchev–Trinajstić information content (AvgIpc) is 2.61. The summed E-state index contributed by atoms with van der Waals surface area (Å²) in [6, 6.07) is 11.9. The van der Waals surface area contributed by atoms with Gasteiger partial charge >= 0.3 is 0 Å². The molecule has 1 saturated heterocycles. The summed E-state index contributed by atoms with van der Waals surface area (Å²) in [5.74, 6) is 0. The number of aryl methyl sites for hydroxylation is 1. The molecule has 1 fully saturated rings. The Morgan fingerprint density at radius 2 is 1.76 bits per heavy atom. The Morgan fingerprint density at radius 1 is 1.04 bits per heavy atom. The second-order valence-electron chi connectivity index (χ2n) is 6.25. The fourth-order valence-corrected chi connectivity index (χ4v) is 3.64. The normalized spacial score (nSPS) is 14.6. The maximum Gasteiger partial charge on any atom is 0.173 e. The highest BCUT2D eigenvalue weighted by Gasteiger charge is 2.20. The number of benzene rings is 2. The van der Waals surface area contributed by atoms with E-state index in [-0.39, 0.29) is 0 Å². The number of piperazine rings is 1. The first-order chi connectivity index (χ1) is 12.0. The van der Waals surface area contributed by atoms with Gasteiger partial charge in [0, 0.05) is 47.6 Å². The quantitative estimate of drug-likeness (QED) is 0.712. The lowest BCUT2D eigenvalue weighted by Gasteiger charge is -2.38. The van der Waals surface area contributed by atoms with Crippen molar-refractivity contribution >= 4 is 51.9 Å². The second kappa shape index (κ2) is 7.81. The van der Waals surface area contributed by atoms with Crippen molar-refractivity contribution in [1.29, 1.82) is 0 Å². The first-order valence-corrected chi connectivity index (χ1v) is 9.44. The molecular formula is C19H21Cl2N3S. The molecule has 25 heavy (non-hydrogen) atoms. The van der Waals surface area contributed by atoms with E-state index in [0.29, 0.717) is 0 Å². The van der Waals surface area contributed by atoms with Gasteiger partial charge in [-0.3, -0.25) is 0 Å². The lowest BCUT2D eigenvalue weighted by atomic mass is 10.1. The highest BCUT2D eigenvalue weighted by atomic mass is 35.5. The van der Waals surface area contributed by atoms with E-state index < -0.39 is 0 Å². The maximum absolute atomic E-state index is 6.18. The predicted octanol–water partition coefficient (Wildman–Crippen LogP) is 5.13. The lowest BCUT2D eigenvalue weighted by molar-refractivity contribution is 0.390. The first-order valence-electron chi connectivity index (χ1n) is 8.28. The number of halogens is 2. The van der Waals surface area contributed by atoms with Crippen LogP contribution in [0.15, 0.2) is 36.4 Å². The van der Waals surface area contributed by atoms with Crippen LogP contribution in [-0.4, -0.2) is 36.2 Å². The van der Waals surface area contributed by atoms with E-state index in [0.717, 1.165) is 52.6 Å². The Bertz CT molecular complexity index is 786. The average molecular weight is 394 g/mol. The van der Waals surface area contributed by atoms with Crippen molar-refractivity contribution in [3.8, 4) is 0 Å². The van der Waals surface area contributed by atoms with E-state index in [1.807, 2.05) is 37.3 Å². The summed E-state index contributed by atoms with van der Waals surface area (Å²) < 4.78 is 0. The summed E-state index contributed by atoms with van der Waals surface area (Å²) in [6.45, 7) is 7.68. The minimum Gasteiger partial charge on any atom is -0.368 e. The molecule has 3 rings (SSSR count). The van der Waals surface area contributed by atoms with Gasteiger partial charge in [-0.05, 0) is 61.5 Å². The number of hydrogen-bond acceptors (Lipinski definition) is 2. The van der Waals surface area contributed by atoms with E-state index in [1.54, 1.807) is 0 Å². The molecule has 1 aliphatic rings. The molecule has 3 nitrogen and oxygen atoms in total. The SMILES string of the molecule is Cc1ccc(Cl)cc1N1CCN(C(=S)Nc2cccc(Cl)c2C)CC1. The topological polar surface area (TPSA) is 18.5 Å². The van der Waals surface area contributed by atoms with Gasteiger partial charge in [-0.1, -0.05) is 35.3 Å². The first kappa shape index (κ1) is 18.3. The molecule has 0 aromatic heterocycles. The molecular weight excluding hydrogens is 373 g/mol. The molecule has 0 atom stereocenters. The number of nitrogens with one attached hydrogen (secondary N) is 1. The summed E-state index contributed by atoms with van der Waals surface area (Å²) in [4.78, 5) is 4.57. The molecule has 1 N–H and O–H groups in total. The van der Waals surface area contributed by atoms with E-state index in [1.165, 1.54) is 11.3 Å². The predicted molar refractivity (Wildman–Crippen MR) is 112 cm³/mol. The summed E-state index contributed by atoms with van der Waals surface area (Å²) in [7, 11) is 0. The van der Waals surface area contributed by atoms with E-state index in [4.69, 9.17) is 35.4 Å². The van der Waals surface area contributed by atoms with Crippen LogP contribution in [0.2, 0.25) is 10.0 Å². The number of thiocarbonyl (C=S) groups is 1. The molecule has 0 amide bonds. The van der Waals surface area contributed by atoms with E-state index >= 15 is 0 Å². The van der Waals surface area contributed by atoms with Crippen LogP contribution in [0.4, 0.5) is 11.4 Å². The molecule has 2 aromatic carbocycles. The highest BCUT2D eigenvalue weighted by Crippen LogP contribution is 2.26. The summed E-state index contributed by atoms with van der Waals surface area (Å²) in [5.41, 5.74) is 4.43. The van der Waals surface area contributed by atoms with Gasteiger partial charge in [0.2, 0.25) is 0 Å². The Balaban J connectivity index is 1.63. The van der Waals surface area contributed by atoms with Crippen molar-refractivity contribution in [1.82, 2.24) is 4.90 Å². The minimum atomic E-state index is 0.743. The molecule has 132 valence electrons. The Morgan fingerprint density at radius 3 is 2.48 bits per heavy atom. The van der Waals surface area contributed by atoms with Crippen molar-refractivity contribution in [2.75, 3.05) is 36.4 Å². The maximum atomic E-state index is 6.18. The van der Waals surface area contributed by atoms with Crippen LogP contribution in [0, 0.1) is 13.8 Å². The highest BCUT2D eigenvalue weighted by molar-refractivity contribution is 7.80. The Hall–Kier alpha value is -1.49. The molecule has 6 heteroatoms. The molecule has 0 spiro atoms. The number of nitrogens with zero attached hydrogens (tertiary/aromatic N) is 2. The van der Waals surface area contributed by atoms with Crippen LogP contribution in [0.3, 0.4) is 0 Å². The van der Waals surface area contributed by atoms with Crippen molar-refractivity contribution in [3.63, 3.8) is 0 Å². The number of hydrogen-bond donors (Lipinski definition) is 1. The van der Waals surface area contributed by atoms with Crippen LogP contribution in [0.25, 0.3) is 0 Å². The van der Waals surface area contributed by atoms with Gasteiger partial charge in [-0.15, -0.1) is 0 Å². The fraction of sp³-hybridized carbons (Fsp3) is 0.316. The summed E-state index contributed by atoms with van der Waals surface area (Å²) >= 11 is 17.9. The Labute approximate surface area is 164 Å². The van der Waals surface area contributed by atoms with Crippen molar-refractivity contribution < 1.29 is 0 Å². The van der Waals surface area contributed by atoms with Crippen molar-refractivity contribution in [2.24, 2.45) is 0 Å². The molecule has 0 aliphatic carbocycles. The van der Waals surface area contributed by atoms with Gasteiger partial charge in [0.05, 0.1) is 0 Å². The van der Waals surface area contributed by atoms with Gasteiger partial charge < -0.3 is 15.1 Å². The fourth-order valence-electron chi connectivity index (χ4n) is 3.01. The van der Waals surface area contributed by atoms with E-state index in [9.17, 15) is 0 Å². The van der Waals surface area contributed by atoms with Crippen LogP contribution in [0.5, 0.6) is 0 Å². The van der Waals surface area contributed by atoms with E-state index in [2.05, 4.69) is 28.1 Å². The molecule has 1 aliphatic heterocycles. The standard InChI is InChI=1S/C19H21Cl2N3S/c1-13-6-7-15(20)12-18(13)23-8-10-24(11-9-23)19(25)22-17-5-3-4-16(21)14(17)2/h3-7,12H,8-11H2,1-2H3,(H,22,25). The number of anilines is 2. The minimum absolute atomic E-state index is 0.743. The third-order valence-electron chi connectivity index (χ3n) is 4.59. The number of rotatable bonds is 2. The molecule has 0 unspecified atom stereocenters. The second-order valence-corrected chi connectivity index (χ2v) is 7.48. The third kappa shape index (κ3) is 4.20. The zero-order chi connectivity index (χ0) is 18.0. The zero-order valence-electron chi connectivity index (χ0n) is 14.4. The van der Waals surface area contributed by atoms with Crippen molar-refractivity contribution in [2.45, 2.75) is 13.8 Å². The van der Waals surface area contributed by atoms with Gasteiger partial charge in [-0.25, -0.2) is 0 Å². The molecule has 0 saturated carbocycles. The Kier molecular flexibility index (Phi) is 5.72. The van der Waals surface area contributed by atoms with Gasteiger partial charge in [-0.2, -0.15) is 0 Å². The van der Waals surface area contributed by atoms with Crippen LogP contribution < -0.4 is 10.2 Å². The molecule has 1 heterocycles. The monoisotopic (exact) mass is 393 g/mol. The third-order valence-corrected chi connectivity index (χ3v) is 5.59. The van der Waals surface area contributed by atoms with Crippen molar-refractivity contribution in [3.05, 3.63) is 57.6 Å². The molecule has 0 radical (unpaired) electrons. The largest absolute Gasteiger partial charge is 0.368 e. The summed E-state index contributed by atoms with van der Waals surface area (Å²) in [6.07, 6.45) is 0.